The van der Waals surface area contributed by atoms with Crippen molar-refractivity contribution in [2.75, 3.05) is 6.61 Å². The lowest BCUT2D eigenvalue weighted by Crippen LogP contribution is -2.43. The molecule has 1 saturated heterocycles. The molecule has 0 amide bonds. The highest BCUT2D eigenvalue weighted by molar-refractivity contribution is 9.10. The van der Waals surface area contributed by atoms with Crippen molar-refractivity contribution in [3.8, 4) is 0 Å². The van der Waals surface area contributed by atoms with E-state index in [0.29, 0.717) is 6.61 Å². The maximum absolute atomic E-state index is 11.1. The third-order valence-electron chi connectivity index (χ3n) is 1.58. The van der Waals surface area contributed by atoms with Gasteiger partial charge in [0.15, 0.2) is 0 Å². The van der Waals surface area contributed by atoms with Gasteiger partial charge in [-0.15, -0.1) is 0 Å². The molecule has 0 aromatic heterocycles. The van der Waals surface area contributed by atoms with Gasteiger partial charge in [-0.1, -0.05) is 36.7 Å². The van der Waals surface area contributed by atoms with E-state index in [1.165, 1.54) is 0 Å². The van der Waals surface area contributed by atoms with Gasteiger partial charge in [0.25, 0.3) is 0 Å². The average Bonchev–Trinajstić information content (AvgIpc) is 1.92. The molecule has 0 aromatic carbocycles. The van der Waals surface area contributed by atoms with Crippen molar-refractivity contribution in [2.45, 2.75) is 31.9 Å². The highest BCUT2D eigenvalue weighted by Gasteiger charge is 2.36. The van der Waals surface area contributed by atoms with Gasteiger partial charge < -0.3 is 9.47 Å². The van der Waals surface area contributed by atoms with Crippen LogP contribution in [0.15, 0.2) is 0 Å². The molecule has 0 bridgehead atoms. The van der Waals surface area contributed by atoms with Gasteiger partial charge in [-0.3, -0.25) is 4.79 Å². The van der Waals surface area contributed by atoms with Crippen LogP contribution in [0.5, 0.6) is 0 Å². The zero-order valence-corrected chi connectivity index (χ0v) is 9.05. The third-order valence-corrected chi connectivity index (χ3v) is 2.22. The lowest BCUT2D eigenvalue weighted by Gasteiger charge is -2.34. The smallest absolute Gasteiger partial charge is 0.324 e. The normalized spacial score (nSPS) is 31.5. The molecule has 2 unspecified atom stereocenters. The summed E-state index contributed by atoms with van der Waals surface area (Å²) in [6.45, 7) is 6.30. The summed E-state index contributed by atoms with van der Waals surface area (Å²) in [5.41, 5.74) is -0.150. The third kappa shape index (κ3) is 2.20. The Balaban J connectivity index is 2.57. The van der Waals surface area contributed by atoms with Crippen LogP contribution in [0.25, 0.3) is 0 Å². The fourth-order valence-electron chi connectivity index (χ4n) is 0.880. The predicted octanol–water partition coefficient (Wildman–Crippen LogP) is 1.70. The number of hydrogen-bond donors (Lipinski definition) is 0. The van der Waals surface area contributed by atoms with E-state index in [1.54, 1.807) is 0 Å². The molecule has 0 aliphatic carbocycles. The number of cyclic esters (lactones) is 1. The Morgan fingerprint density at radius 3 is 2.50 bits per heavy atom. The number of carbonyl (C=O) groups is 1. The van der Waals surface area contributed by atoms with Gasteiger partial charge in [-0.2, -0.15) is 0 Å². The van der Waals surface area contributed by atoms with Crippen LogP contribution in [0.3, 0.4) is 0 Å². The molecule has 70 valence electrons. The number of halogens is 1. The molecule has 1 aliphatic rings. The van der Waals surface area contributed by atoms with Crippen LogP contribution in [0, 0.1) is 5.41 Å². The lowest BCUT2D eigenvalue weighted by atomic mass is 9.95. The Morgan fingerprint density at radius 1 is 1.50 bits per heavy atom. The zero-order chi connectivity index (χ0) is 9.35. The second-order valence-corrected chi connectivity index (χ2v) is 5.04. The monoisotopic (exact) mass is 236 g/mol. The van der Waals surface area contributed by atoms with Crippen molar-refractivity contribution >= 4 is 21.9 Å². The molecular weight excluding hydrogens is 224 g/mol. The topological polar surface area (TPSA) is 35.5 Å². The molecule has 0 spiro atoms. The Bertz CT molecular complexity index is 185. The summed E-state index contributed by atoms with van der Waals surface area (Å²) in [5, 5.41) is 0. The van der Waals surface area contributed by atoms with Gasteiger partial charge in [0.2, 0.25) is 6.29 Å². The number of ether oxygens (including phenoxy) is 2. The fraction of sp³-hybridized carbons (Fsp3) is 0.875. The molecule has 0 N–H and O–H groups in total. The Hall–Kier alpha value is -0.0900. The van der Waals surface area contributed by atoms with Crippen LogP contribution >= 0.6 is 15.9 Å². The minimum Gasteiger partial charge on any atom is -0.434 e. The first-order valence-electron chi connectivity index (χ1n) is 3.87. The van der Waals surface area contributed by atoms with Gasteiger partial charge in [0.1, 0.15) is 4.83 Å². The van der Waals surface area contributed by atoms with Crippen molar-refractivity contribution in [1.29, 1.82) is 0 Å². The summed E-state index contributed by atoms with van der Waals surface area (Å²) in [5.74, 6) is -0.235. The number of rotatable bonds is 0. The van der Waals surface area contributed by atoms with Gasteiger partial charge in [-0.25, -0.2) is 0 Å². The fourth-order valence-corrected chi connectivity index (χ4v) is 1.14. The summed E-state index contributed by atoms with van der Waals surface area (Å²) in [7, 11) is 0. The molecule has 0 radical (unpaired) electrons. The number of hydrogen-bond acceptors (Lipinski definition) is 3. The zero-order valence-electron chi connectivity index (χ0n) is 7.46. The maximum atomic E-state index is 11.1. The molecule has 1 fully saturated rings. The second kappa shape index (κ2) is 3.34. The van der Waals surface area contributed by atoms with Crippen LogP contribution in [0.2, 0.25) is 0 Å². The van der Waals surface area contributed by atoms with E-state index >= 15 is 0 Å². The molecule has 1 aliphatic heterocycles. The SMILES string of the molecule is CC(C)(C)C1OCC(Br)C(=O)O1. The Morgan fingerprint density at radius 2 is 2.08 bits per heavy atom. The van der Waals surface area contributed by atoms with E-state index in [9.17, 15) is 4.79 Å². The standard InChI is InChI=1S/C8H13BrO3/c1-8(2,3)7-11-4-5(9)6(10)12-7/h5,7H,4H2,1-3H3. The Kier molecular flexibility index (Phi) is 2.78. The predicted molar refractivity (Wildman–Crippen MR) is 48.0 cm³/mol. The number of esters is 1. The number of alkyl halides is 1. The first-order valence-corrected chi connectivity index (χ1v) is 4.79. The first kappa shape index (κ1) is 9.99. The molecule has 1 rings (SSSR count). The van der Waals surface area contributed by atoms with Crippen LogP contribution in [0.1, 0.15) is 20.8 Å². The summed E-state index contributed by atoms with van der Waals surface area (Å²) in [4.78, 5) is 10.8. The molecule has 12 heavy (non-hydrogen) atoms. The summed E-state index contributed by atoms with van der Waals surface area (Å²) in [6.07, 6.45) is -0.418. The van der Waals surface area contributed by atoms with E-state index in [2.05, 4.69) is 15.9 Å². The largest absolute Gasteiger partial charge is 0.434 e. The van der Waals surface area contributed by atoms with E-state index in [-0.39, 0.29) is 16.2 Å². The van der Waals surface area contributed by atoms with Crippen LogP contribution < -0.4 is 0 Å². The molecule has 1 heterocycles. The summed E-state index contributed by atoms with van der Waals surface area (Å²) >= 11 is 3.15. The van der Waals surface area contributed by atoms with Gasteiger partial charge in [-0.05, 0) is 0 Å². The van der Waals surface area contributed by atoms with E-state index < -0.39 is 6.29 Å². The number of carbonyl (C=O) groups excluding carboxylic acids is 1. The first-order chi connectivity index (χ1) is 5.41. The highest BCUT2D eigenvalue weighted by Crippen LogP contribution is 2.27. The molecule has 2 atom stereocenters. The van der Waals surface area contributed by atoms with Crippen LogP contribution in [-0.2, 0) is 14.3 Å². The quantitative estimate of drug-likeness (QED) is 0.475. The summed E-state index contributed by atoms with van der Waals surface area (Å²) < 4.78 is 10.4. The lowest BCUT2D eigenvalue weighted by molar-refractivity contribution is -0.220. The van der Waals surface area contributed by atoms with Gasteiger partial charge in [0, 0.05) is 5.41 Å². The van der Waals surface area contributed by atoms with Crippen LogP contribution in [0.4, 0.5) is 0 Å². The van der Waals surface area contributed by atoms with Gasteiger partial charge >= 0.3 is 5.97 Å². The molecular formula is C8H13BrO3. The molecule has 3 nitrogen and oxygen atoms in total. The minimum atomic E-state index is -0.418. The van der Waals surface area contributed by atoms with Crippen molar-refractivity contribution < 1.29 is 14.3 Å². The van der Waals surface area contributed by atoms with E-state index in [0.717, 1.165) is 0 Å². The highest BCUT2D eigenvalue weighted by atomic mass is 79.9. The molecule has 4 heteroatoms. The van der Waals surface area contributed by atoms with Crippen LogP contribution in [-0.4, -0.2) is 23.7 Å². The summed E-state index contributed by atoms with van der Waals surface area (Å²) in [6, 6.07) is 0. The average molecular weight is 237 g/mol. The van der Waals surface area contributed by atoms with E-state index in [1.807, 2.05) is 20.8 Å². The molecule has 0 saturated carbocycles. The van der Waals surface area contributed by atoms with Crippen molar-refractivity contribution in [1.82, 2.24) is 0 Å². The Labute approximate surface area is 80.5 Å². The van der Waals surface area contributed by atoms with E-state index in [4.69, 9.17) is 9.47 Å². The van der Waals surface area contributed by atoms with Crippen molar-refractivity contribution in [2.24, 2.45) is 5.41 Å². The van der Waals surface area contributed by atoms with Crippen molar-refractivity contribution in [3.05, 3.63) is 0 Å². The second-order valence-electron chi connectivity index (χ2n) is 3.94. The van der Waals surface area contributed by atoms with Crippen molar-refractivity contribution in [3.63, 3.8) is 0 Å². The molecule has 0 aromatic rings. The van der Waals surface area contributed by atoms with Gasteiger partial charge in [0.05, 0.1) is 6.61 Å². The minimum absolute atomic E-state index is 0.150. The maximum Gasteiger partial charge on any atom is 0.324 e.